The van der Waals surface area contributed by atoms with Crippen LogP contribution in [0, 0.1) is 5.82 Å². The van der Waals surface area contributed by atoms with Crippen LogP contribution in [0.5, 0.6) is 0 Å². The predicted molar refractivity (Wildman–Crippen MR) is 148 cm³/mol. The normalized spacial score (nSPS) is 11.2. The number of likely N-dealkylation sites (N-methyl/N-ethyl adjacent to an activating group) is 1. The van der Waals surface area contributed by atoms with Crippen LogP contribution in [0.1, 0.15) is 10.4 Å². The third-order valence-electron chi connectivity index (χ3n) is 5.76. The Morgan fingerprint density at radius 2 is 2.00 bits per heavy atom. The second-order valence-electron chi connectivity index (χ2n) is 7.96. The van der Waals surface area contributed by atoms with Gasteiger partial charge >= 0.3 is 0 Å². The van der Waals surface area contributed by atoms with Crippen LogP contribution in [-0.4, -0.2) is 43.3 Å². The second kappa shape index (κ2) is 9.74. The molecule has 1 aromatic carbocycles. The molecule has 0 atom stereocenters. The highest BCUT2D eigenvalue weighted by Crippen LogP contribution is 2.38. The standard InChI is InChI=1S/C26H19FIN5OS/c1-3-9-32(2)26(34)18-11-21-22(15-33(35-28)25(21)31-14-18)17-10-20-19(16-5-4-7-29-13-16)6-8-30-24(20)23(27)12-17/h3-8,10-15H,1,9H2,2H3. The Morgan fingerprint density at radius 3 is 2.74 bits per heavy atom. The lowest BCUT2D eigenvalue weighted by atomic mass is 9.97. The highest BCUT2D eigenvalue weighted by Gasteiger charge is 2.19. The summed E-state index contributed by atoms with van der Waals surface area (Å²) in [6.45, 7) is 4.12. The fourth-order valence-electron chi connectivity index (χ4n) is 4.12. The summed E-state index contributed by atoms with van der Waals surface area (Å²) in [6.07, 6.45) is 10.2. The Hall–Kier alpha value is -3.31. The van der Waals surface area contributed by atoms with Gasteiger partial charge in [-0.3, -0.25) is 18.7 Å². The number of hydrogen-bond acceptors (Lipinski definition) is 5. The van der Waals surface area contributed by atoms with E-state index in [0.29, 0.717) is 34.2 Å². The molecule has 174 valence electrons. The van der Waals surface area contributed by atoms with Crippen molar-refractivity contribution < 1.29 is 9.18 Å². The lowest BCUT2D eigenvalue weighted by Crippen LogP contribution is -2.26. The van der Waals surface area contributed by atoms with Crippen molar-refractivity contribution in [3.05, 3.63) is 91.4 Å². The van der Waals surface area contributed by atoms with Crippen LogP contribution in [0.3, 0.4) is 0 Å². The number of carbonyl (C=O) groups is 1. The van der Waals surface area contributed by atoms with Crippen molar-refractivity contribution in [2.75, 3.05) is 13.6 Å². The first-order chi connectivity index (χ1) is 17.0. The van der Waals surface area contributed by atoms with Gasteiger partial charge < -0.3 is 4.90 Å². The van der Waals surface area contributed by atoms with Gasteiger partial charge in [0.1, 0.15) is 11.3 Å². The van der Waals surface area contributed by atoms with E-state index in [1.807, 2.05) is 40.5 Å². The molecule has 9 heteroatoms. The van der Waals surface area contributed by atoms with Gasteiger partial charge in [-0.25, -0.2) is 9.37 Å². The van der Waals surface area contributed by atoms with E-state index in [0.717, 1.165) is 22.1 Å². The topological polar surface area (TPSA) is 63.9 Å². The van der Waals surface area contributed by atoms with E-state index in [4.69, 9.17) is 0 Å². The van der Waals surface area contributed by atoms with E-state index in [9.17, 15) is 4.79 Å². The molecule has 0 bridgehead atoms. The van der Waals surface area contributed by atoms with E-state index in [2.05, 4.69) is 42.7 Å². The maximum Gasteiger partial charge on any atom is 0.255 e. The molecule has 4 aromatic heterocycles. The fraction of sp³-hybridized carbons (Fsp3) is 0.0769. The SMILES string of the molecule is C=CCN(C)C(=O)c1cnc2c(c1)c(-c1cc(F)c3nccc(-c4cccnc4)c3c1)cn2SI. The van der Waals surface area contributed by atoms with Crippen LogP contribution in [0.15, 0.2) is 80.0 Å². The number of halogens is 2. The first-order valence-electron chi connectivity index (χ1n) is 10.7. The fourth-order valence-corrected chi connectivity index (χ4v) is 5.37. The molecule has 0 aliphatic carbocycles. The Bertz CT molecular complexity index is 1590. The number of benzene rings is 1. The summed E-state index contributed by atoms with van der Waals surface area (Å²) in [5.74, 6) is -0.579. The number of aromatic nitrogens is 4. The number of rotatable bonds is 6. The van der Waals surface area contributed by atoms with Crippen molar-refractivity contribution in [1.29, 1.82) is 0 Å². The van der Waals surface area contributed by atoms with Gasteiger partial charge in [-0.2, -0.15) is 0 Å². The van der Waals surface area contributed by atoms with Crippen molar-refractivity contribution in [2.24, 2.45) is 0 Å². The van der Waals surface area contributed by atoms with E-state index in [-0.39, 0.29) is 5.91 Å². The van der Waals surface area contributed by atoms with Crippen LogP contribution in [-0.2, 0) is 0 Å². The number of pyridine rings is 3. The van der Waals surface area contributed by atoms with Gasteiger partial charge in [-0.05, 0) is 41.5 Å². The van der Waals surface area contributed by atoms with E-state index < -0.39 is 5.82 Å². The largest absolute Gasteiger partial charge is 0.338 e. The molecule has 0 aliphatic heterocycles. The maximum atomic E-state index is 15.3. The smallest absolute Gasteiger partial charge is 0.255 e. The average Bonchev–Trinajstić information content (AvgIpc) is 3.26. The molecule has 5 aromatic rings. The lowest BCUT2D eigenvalue weighted by molar-refractivity contribution is 0.0810. The van der Waals surface area contributed by atoms with Gasteiger partial charge in [0.25, 0.3) is 5.91 Å². The van der Waals surface area contributed by atoms with Crippen molar-refractivity contribution in [3.63, 3.8) is 0 Å². The van der Waals surface area contributed by atoms with Crippen molar-refractivity contribution in [2.45, 2.75) is 0 Å². The van der Waals surface area contributed by atoms with Crippen molar-refractivity contribution in [1.82, 2.24) is 23.8 Å². The highest BCUT2D eigenvalue weighted by atomic mass is 127. The molecule has 35 heavy (non-hydrogen) atoms. The summed E-state index contributed by atoms with van der Waals surface area (Å²) < 4.78 is 17.2. The molecule has 0 radical (unpaired) electrons. The molecule has 0 unspecified atom stereocenters. The Labute approximate surface area is 217 Å². The van der Waals surface area contributed by atoms with Crippen LogP contribution in [0.25, 0.3) is 44.2 Å². The number of hydrogen-bond donors (Lipinski definition) is 0. The van der Waals surface area contributed by atoms with Crippen molar-refractivity contribution in [3.8, 4) is 22.3 Å². The Balaban J connectivity index is 1.73. The lowest BCUT2D eigenvalue weighted by Gasteiger charge is -2.14. The van der Waals surface area contributed by atoms with Gasteiger partial charge in [-0.15, -0.1) is 6.58 Å². The number of amides is 1. The number of carbonyl (C=O) groups excluding carboxylic acids is 1. The summed E-state index contributed by atoms with van der Waals surface area (Å²) in [6, 6.07) is 10.9. The molecule has 5 rings (SSSR count). The summed E-state index contributed by atoms with van der Waals surface area (Å²) in [5.41, 5.74) is 4.62. The molecule has 0 N–H and O–H groups in total. The minimum absolute atomic E-state index is 0.159. The van der Waals surface area contributed by atoms with Crippen LogP contribution in [0.4, 0.5) is 4.39 Å². The van der Waals surface area contributed by atoms with Gasteiger partial charge in [0.2, 0.25) is 0 Å². The predicted octanol–water partition coefficient (Wildman–Crippen LogP) is 6.56. The maximum absolute atomic E-state index is 15.3. The third-order valence-corrected chi connectivity index (χ3v) is 7.47. The van der Waals surface area contributed by atoms with Gasteiger partial charge in [-0.1, -0.05) is 12.1 Å². The molecule has 6 nitrogen and oxygen atoms in total. The monoisotopic (exact) mass is 595 g/mol. The van der Waals surface area contributed by atoms with E-state index in [1.165, 1.54) is 15.2 Å². The molecule has 4 heterocycles. The molecule has 0 saturated carbocycles. The summed E-state index contributed by atoms with van der Waals surface area (Å²) in [5, 5.41) is 1.45. The minimum Gasteiger partial charge on any atom is -0.338 e. The molecule has 0 aliphatic rings. The molecule has 0 spiro atoms. The zero-order valence-electron chi connectivity index (χ0n) is 18.7. The highest BCUT2D eigenvalue weighted by molar-refractivity contribution is 14.2. The molecular weight excluding hydrogens is 576 g/mol. The van der Waals surface area contributed by atoms with Crippen molar-refractivity contribution >= 4 is 58.2 Å². The molecule has 0 fully saturated rings. The minimum atomic E-state index is -0.419. The van der Waals surface area contributed by atoms with E-state index in [1.54, 1.807) is 42.8 Å². The molecule has 1 amide bonds. The summed E-state index contributed by atoms with van der Waals surface area (Å²) >= 11 is 2.17. The zero-order valence-corrected chi connectivity index (χ0v) is 21.6. The average molecular weight is 595 g/mol. The second-order valence-corrected chi connectivity index (χ2v) is 9.67. The summed E-state index contributed by atoms with van der Waals surface area (Å²) in [7, 11) is 3.17. The Kier molecular flexibility index (Phi) is 6.52. The van der Waals surface area contributed by atoms with Crippen LogP contribution in [0.2, 0.25) is 0 Å². The summed E-state index contributed by atoms with van der Waals surface area (Å²) in [4.78, 5) is 27.5. The van der Waals surface area contributed by atoms with E-state index >= 15 is 4.39 Å². The van der Waals surface area contributed by atoms with Crippen LogP contribution >= 0.6 is 30.3 Å². The van der Waals surface area contributed by atoms with Gasteiger partial charge in [0.15, 0.2) is 5.65 Å². The first kappa shape index (κ1) is 23.4. The molecule has 0 saturated heterocycles. The number of fused-ring (bicyclic) bond motifs is 2. The van der Waals surface area contributed by atoms with Crippen LogP contribution < -0.4 is 0 Å². The first-order valence-corrected chi connectivity index (χ1v) is 14.0. The zero-order chi connectivity index (χ0) is 24.5. The third kappa shape index (κ3) is 4.30. The molecular formula is C26H19FIN5OS. The van der Waals surface area contributed by atoms with Gasteiger partial charge in [0, 0.05) is 96.8 Å². The number of nitrogens with zero attached hydrogens (tertiary/aromatic N) is 5. The quantitative estimate of drug-likeness (QED) is 0.165. The van der Waals surface area contributed by atoms with Gasteiger partial charge in [0.05, 0.1) is 5.56 Å². The Morgan fingerprint density at radius 1 is 1.14 bits per heavy atom.